The molecule has 62 valence electrons. The van der Waals surface area contributed by atoms with Crippen LogP contribution in [0.1, 0.15) is 13.8 Å². The van der Waals surface area contributed by atoms with Gasteiger partial charge in [-0.05, 0) is 34.1 Å². The van der Waals surface area contributed by atoms with Gasteiger partial charge in [-0.25, -0.2) is 4.39 Å². The Morgan fingerprint density at radius 2 is 1.91 bits per heavy atom. The summed E-state index contributed by atoms with van der Waals surface area (Å²) in [7, 11) is 0. The van der Waals surface area contributed by atoms with Gasteiger partial charge >= 0.3 is 0 Å². The summed E-state index contributed by atoms with van der Waals surface area (Å²) in [5.41, 5.74) is 0. The van der Waals surface area contributed by atoms with E-state index in [-0.39, 0.29) is 5.82 Å². The smallest absolute Gasteiger partial charge is 0.137 e. The lowest BCUT2D eigenvalue weighted by atomic mass is 10.3. The Bertz CT molecular complexity index is 225. The van der Waals surface area contributed by atoms with Crippen molar-refractivity contribution in [1.29, 1.82) is 0 Å². The summed E-state index contributed by atoms with van der Waals surface area (Å²) in [4.78, 5) is 0. The predicted molar refractivity (Wildman–Crippen MR) is 50.5 cm³/mol. The Labute approximate surface area is 79.5 Å². The maximum Gasteiger partial charge on any atom is 0.137 e. The molecule has 0 nitrogen and oxygen atoms in total. The summed E-state index contributed by atoms with van der Waals surface area (Å²) in [5.74, 6) is -0.292. The molecule has 0 amide bonds. The lowest BCUT2D eigenvalue weighted by molar-refractivity contribution is 0.621. The molecule has 0 unspecified atom stereocenters. The van der Waals surface area contributed by atoms with Crippen LogP contribution >= 0.6 is 27.5 Å². The van der Waals surface area contributed by atoms with Gasteiger partial charge in [0, 0.05) is 5.02 Å². The van der Waals surface area contributed by atoms with Gasteiger partial charge in [0.05, 0.1) is 4.47 Å². The van der Waals surface area contributed by atoms with Crippen LogP contribution in [-0.4, -0.2) is 0 Å². The Kier molecular flexibility index (Phi) is 5.51. The minimum atomic E-state index is -0.292. The summed E-state index contributed by atoms with van der Waals surface area (Å²) in [6.45, 7) is 4.00. The Morgan fingerprint density at radius 1 is 1.36 bits per heavy atom. The summed E-state index contributed by atoms with van der Waals surface area (Å²) < 4.78 is 12.8. The average Bonchev–Trinajstić information content (AvgIpc) is 2.02. The molecule has 1 rings (SSSR count). The van der Waals surface area contributed by atoms with Crippen LogP contribution in [-0.2, 0) is 0 Å². The lowest BCUT2D eigenvalue weighted by Gasteiger charge is -1.91. The topological polar surface area (TPSA) is 0 Å². The highest BCUT2D eigenvalue weighted by Gasteiger charge is 1.96. The fraction of sp³-hybridized carbons (Fsp3) is 0.250. The summed E-state index contributed by atoms with van der Waals surface area (Å²) >= 11 is 8.51. The quantitative estimate of drug-likeness (QED) is 0.593. The van der Waals surface area contributed by atoms with E-state index in [1.807, 2.05) is 13.8 Å². The normalized spacial score (nSPS) is 8.45. The zero-order chi connectivity index (χ0) is 8.85. The van der Waals surface area contributed by atoms with Gasteiger partial charge in [-0.15, -0.1) is 0 Å². The molecule has 0 saturated carbocycles. The molecule has 0 aliphatic carbocycles. The molecule has 0 heterocycles. The van der Waals surface area contributed by atoms with Crippen molar-refractivity contribution in [3.05, 3.63) is 33.5 Å². The highest BCUT2D eigenvalue weighted by atomic mass is 79.9. The van der Waals surface area contributed by atoms with Crippen LogP contribution < -0.4 is 0 Å². The van der Waals surface area contributed by atoms with Gasteiger partial charge in [0.15, 0.2) is 0 Å². The second-order valence-electron chi connectivity index (χ2n) is 1.56. The largest absolute Gasteiger partial charge is 0.206 e. The molecule has 0 aliphatic heterocycles. The van der Waals surface area contributed by atoms with Crippen molar-refractivity contribution >= 4 is 27.5 Å². The van der Waals surface area contributed by atoms with Crippen molar-refractivity contribution in [3.8, 4) is 0 Å². The van der Waals surface area contributed by atoms with Gasteiger partial charge in [0.1, 0.15) is 5.82 Å². The van der Waals surface area contributed by atoms with Gasteiger partial charge in [-0.3, -0.25) is 0 Å². The number of rotatable bonds is 0. The van der Waals surface area contributed by atoms with Crippen LogP contribution in [0.15, 0.2) is 22.7 Å². The molecule has 1 aromatic carbocycles. The molecule has 0 aromatic heterocycles. The Morgan fingerprint density at radius 3 is 2.27 bits per heavy atom. The van der Waals surface area contributed by atoms with E-state index >= 15 is 0 Å². The fourth-order valence-corrected chi connectivity index (χ4v) is 1.15. The van der Waals surface area contributed by atoms with E-state index in [0.717, 1.165) is 0 Å². The van der Waals surface area contributed by atoms with Crippen molar-refractivity contribution in [2.24, 2.45) is 0 Å². The zero-order valence-electron chi connectivity index (χ0n) is 6.37. The monoisotopic (exact) mass is 238 g/mol. The van der Waals surface area contributed by atoms with Crippen LogP contribution in [0.4, 0.5) is 4.39 Å². The third-order valence-corrected chi connectivity index (χ3v) is 1.72. The van der Waals surface area contributed by atoms with Crippen molar-refractivity contribution in [3.63, 3.8) is 0 Å². The summed E-state index contributed by atoms with van der Waals surface area (Å²) in [6, 6.07) is 4.32. The number of benzene rings is 1. The standard InChI is InChI=1S/C6H3BrClF.C2H6/c7-5-3-4(8)1-2-6(5)9;1-2/h1-3H;1-2H3. The van der Waals surface area contributed by atoms with Gasteiger partial charge < -0.3 is 0 Å². The van der Waals surface area contributed by atoms with Gasteiger partial charge in [0.25, 0.3) is 0 Å². The second-order valence-corrected chi connectivity index (χ2v) is 2.85. The zero-order valence-corrected chi connectivity index (χ0v) is 8.71. The van der Waals surface area contributed by atoms with E-state index in [9.17, 15) is 4.39 Å². The minimum absolute atomic E-state index is 0.292. The molecule has 0 spiro atoms. The maximum absolute atomic E-state index is 12.4. The highest BCUT2D eigenvalue weighted by Crippen LogP contribution is 2.19. The van der Waals surface area contributed by atoms with Crippen LogP contribution in [0.3, 0.4) is 0 Å². The van der Waals surface area contributed by atoms with Gasteiger partial charge in [0.2, 0.25) is 0 Å². The van der Waals surface area contributed by atoms with E-state index < -0.39 is 0 Å². The van der Waals surface area contributed by atoms with Crippen LogP contribution in [0.25, 0.3) is 0 Å². The van der Waals surface area contributed by atoms with E-state index in [2.05, 4.69) is 15.9 Å². The maximum atomic E-state index is 12.4. The lowest BCUT2D eigenvalue weighted by Crippen LogP contribution is -1.73. The second kappa shape index (κ2) is 5.56. The number of hydrogen-bond donors (Lipinski definition) is 0. The summed E-state index contributed by atoms with van der Waals surface area (Å²) in [6.07, 6.45) is 0. The molecule has 0 saturated heterocycles. The van der Waals surface area contributed by atoms with Crippen LogP contribution in [0, 0.1) is 5.82 Å². The molecular formula is C8H9BrClF. The van der Waals surface area contributed by atoms with E-state index in [1.165, 1.54) is 18.2 Å². The van der Waals surface area contributed by atoms with Crippen molar-refractivity contribution in [1.82, 2.24) is 0 Å². The van der Waals surface area contributed by atoms with Crippen molar-refractivity contribution < 1.29 is 4.39 Å². The third kappa shape index (κ3) is 3.73. The Hall–Kier alpha value is -0.0800. The van der Waals surface area contributed by atoms with Crippen LogP contribution in [0.2, 0.25) is 5.02 Å². The van der Waals surface area contributed by atoms with E-state index in [1.54, 1.807) is 0 Å². The number of halogens is 3. The molecule has 11 heavy (non-hydrogen) atoms. The third-order valence-electron chi connectivity index (χ3n) is 0.882. The molecule has 0 atom stereocenters. The summed E-state index contributed by atoms with van der Waals surface area (Å²) in [5, 5.41) is 0.531. The molecule has 3 heteroatoms. The van der Waals surface area contributed by atoms with Gasteiger partial charge in [-0.1, -0.05) is 25.4 Å². The Balaban J connectivity index is 0.000000461. The van der Waals surface area contributed by atoms with E-state index in [0.29, 0.717) is 9.50 Å². The molecule has 0 N–H and O–H groups in total. The first-order valence-corrected chi connectivity index (χ1v) is 4.48. The molecule has 0 aliphatic rings. The predicted octanol–water partition coefficient (Wildman–Crippen LogP) is 4.27. The minimum Gasteiger partial charge on any atom is -0.206 e. The molecule has 0 bridgehead atoms. The van der Waals surface area contributed by atoms with Gasteiger partial charge in [-0.2, -0.15) is 0 Å². The first-order valence-electron chi connectivity index (χ1n) is 3.30. The molecule has 0 fully saturated rings. The molecular weight excluding hydrogens is 230 g/mol. The average molecular weight is 240 g/mol. The number of hydrogen-bond acceptors (Lipinski definition) is 0. The van der Waals surface area contributed by atoms with Crippen LogP contribution in [0.5, 0.6) is 0 Å². The SMILES string of the molecule is CC.Fc1ccc(Cl)cc1Br. The molecule has 1 aromatic rings. The van der Waals surface area contributed by atoms with Crippen molar-refractivity contribution in [2.45, 2.75) is 13.8 Å². The first kappa shape index (κ1) is 10.9. The molecule has 0 radical (unpaired) electrons. The van der Waals surface area contributed by atoms with Crippen molar-refractivity contribution in [2.75, 3.05) is 0 Å². The highest BCUT2D eigenvalue weighted by molar-refractivity contribution is 9.10. The van der Waals surface area contributed by atoms with E-state index in [4.69, 9.17) is 11.6 Å². The fourth-order valence-electron chi connectivity index (χ4n) is 0.470. The first-order chi connectivity index (χ1) is 5.20.